The van der Waals surface area contributed by atoms with E-state index in [0.29, 0.717) is 12.3 Å². The lowest BCUT2D eigenvalue weighted by atomic mass is 9.33. The van der Waals surface area contributed by atoms with Gasteiger partial charge < -0.3 is 10.2 Å². The SMILES string of the molecule is CC1(C)[C@H](O)CC[C@]2(C)[C@H]3C(=O)C=C4[C@@H]5C[C@@](C)(C(=O)O)CC[C@]5(C)CC[C@]4(C)[C@@]3(C)CC[C@@H]12. The van der Waals surface area contributed by atoms with Gasteiger partial charge in [-0.3, -0.25) is 9.59 Å². The van der Waals surface area contributed by atoms with Gasteiger partial charge in [0, 0.05) is 5.92 Å². The molecule has 0 aromatic heterocycles. The van der Waals surface area contributed by atoms with Gasteiger partial charge in [0.25, 0.3) is 0 Å². The average molecular weight is 471 g/mol. The Morgan fingerprint density at radius 3 is 2.21 bits per heavy atom. The number of aliphatic carboxylic acids is 1. The van der Waals surface area contributed by atoms with Crippen LogP contribution in [0.5, 0.6) is 0 Å². The number of aliphatic hydroxyl groups excluding tert-OH is 1. The van der Waals surface area contributed by atoms with Crippen LogP contribution in [0.25, 0.3) is 0 Å². The number of aliphatic hydroxyl groups is 1. The summed E-state index contributed by atoms with van der Waals surface area (Å²) in [5, 5.41) is 20.9. The minimum atomic E-state index is -0.711. The average Bonchev–Trinajstić information content (AvgIpc) is 2.73. The fourth-order valence-corrected chi connectivity index (χ4v) is 10.4. The van der Waals surface area contributed by atoms with Crippen LogP contribution in [0.1, 0.15) is 106 Å². The maximum absolute atomic E-state index is 14.2. The lowest BCUT2D eigenvalue weighted by molar-refractivity contribution is -0.202. The van der Waals surface area contributed by atoms with Crippen molar-refractivity contribution in [2.75, 3.05) is 0 Å². The zero-order valence-electron chi connectivity index (χ0n) is 22.5. The number of carboxylic acid groups (broad SMARTS) is 1. The van der Waals surface area contributed by atoms with Gasteiger partial charge in [0.1, 0.15) is 0 Å². The smallest absolute Gasteiger partial charge is 0.309 e. The Hall–Kier alpha value is -1.16. The van der Waals surface area contributed by atoms with Crippen LogP contribution in [0.2, 0.25) is 0 Å². The second kappa shape index (κ2) is 6.99. The number of carbonyl (C=O) groups is 2. The summed E-state index contributed by atoms with van der Waals surface area (Å²) < 4.78 is 0. The molecule has 34 heavy (non-hydrogen) atoms. The van der Waals surface area contributed by atoms with E-state index in [4.69, 9.17) is 0 Å². The maximum atomic E-state index is 14.2. The van der Waals surface area contributed by atoms with Crippen LogP contribution in [0.3, 0.4) is 0 Å². The van der Waals surface area contributed by atoms with E-state index in [9.17, 15) is 19.8 Å². The molecule has 0 aromatic rings. The number of fused-ring (bicyclic) bond motifs is 7. The highest BCUT2D eigenvalue weighted by atomic mass is 16.4. The Morgan fingerprint density at radius 2 is 1.56 bits per heavy atom. The van der Waals surface area contributed by atoms with Crippen molar-refractivity contribution >= 4 is 11.8 Å². The van der Waals surface area contributed by atoms with Gasteiger partial charge in [0.15, 0.2) is 5.78 Å². The van der Waals surface area contributed by atoms with Crippen molar-refractivity contribution in [2.45, 2.75) is 112 Å². The summed E-state index contributed by atoms with van der Waals surface area (Å²) in [6, 6.07) is 0. The van der Waals surface area contributed by atoms with Crippen molar-refractivity contribution < 1.29 is 19.8 Å². The Kier molecular flexibility index (Phi) is 5.04. The summed E-state index contributed by atoms with van der Waals surface area (Å²) in [4.78, 5) is 26.4. The second-order valence-electron chi connectivity index (χ2n) is 14.9. The van der Waals surface area contributed by atoms with E-state index in [0.717, 1.165) is 51.4 Å². The van der Waals surface area contributed by atoms with Gasteiger partial charge in [0.2, 0.25) is 0 Å². The molecule has 4 saturated carbocycles. The van der Waals surface area contributed by atoms with Crippen LogP contribution in [-0.4, -0.2) is 28.1 Å². The van der Waals surface area contributed by atoms with Crippen molar-refractivity contribution in [3.05, 3.63) is 11.6 Å². The molecule has 0 aliphatic heterocycles. The Labute approximate surface area is 206 Å². The molecule has 4 fully saturated rings. The largest absolute Gasteiger partial charge is 0.481 e. The first-order valence-corrected chi connectivity index (χ1v) is 13.7. The van der Waals surface area contributed by atoms with Gasteiger partial charge >= 0.3 is 5.97 Å². The normalized spacial score (nSPS) is 54.1. The molecule has 5 aliphatic carbocycles. The molecule has 0 aromatic carbocycles. The predicted molar refractivity (Wildman–Crippen MR) is 133 cm³/mol. The number of ketones is 1. The van der Waals surface area contributed by atoms with Crippen molar-refractivity contribution in [3.63, 3.8) is 0 Å². The van der Waals surface area contributed by atoms with Gasteiger partial charge in [-0.1, -0.05) is 47.1 Å². The van der Waals surface area contributed by atoms with E-state index in [-0.39, 0.29) is 50.8 Å². The standard InChI is InChI=1S/C30H46O4/c1-25(2)21-8-11-30(7)23(28(21,5)10-9-22(25)32)20(31)16-18-19-17-27(4,24(33)34)13-12-26(19,3)14-15-29(18,30)6/h16,19,21-23,32H,8-15,17H2,1-7H3,(H,33,34)/t19-,21-,22+,23+,26+,27-,28-,29-,30-/m0/s1. The molecule has 9 atom stereocenters. The first-order chi connectivity index (χ1) is 15.6. The Morgan fingerprint density at radius 1 is 0.912 bits per heavy atom. The van der Waals surface area contributed by atoms with E-state index in [1.165, 1.54) is 5.57 Å². The van der Waals surface area contributed by atoms with Gasteiger partial charge in [-0.05, 0) is 110 Å². The van der Waals surface area contributed by atoms with Crippen molar-refractivity contribution in [3.8, 4) is 0 Å². The fourth-order valence-electron chi connectivity index (χ4n) is 10.4. The maximum Gasteiger partial charge on any atom is 0.309 e. The molecular weight excluding hydrogens is 424 g/mol. The van der Waals surface area contributed by atoms with Crippen LogP contribution in [0, 0.1) is 50.2 Å². The highest BCUT2D eigenvalue weighted by Gasteiger charge is 2.70. The van der Waals surface area contributed by atoms with Gasteiger partial charge in [-0.25, -0.2) is 0 Å². The third-order valence-electron chi connectivity index (χ3n) is 13.1. The summed E-state index contributed by atoms with van der Waals surface area (Å²) in [6.07, 6.45) is 9.95. The third-order valence-corrected chi connectivity index (χ3v) is 13.1. The number of allylic oxidation sites excluding steroid dienone is 2. The summed E-state index contributed by atoms with van der Waals surface area (Å²) in [7, 11) is 0. The number of carbonyl (C=O) groups excluding carboxylic acids is 1. The molecule has 4 nitrogen and oxygen atoms in total. The monoisotopic (exact) mass is 470 g/mol. The van der Waals surface area contributed by atoms with Gasteiger partial charge in [-0.2, -0.15) is 0 Å². The molecule has 0 amide bonds. The molecule has 0 heterocycles. The van der Waals surface area contributed by atoms with Gasteiger partial charge in [0.05, 0.1) is 11.5 Å². The number of hydrogen-bond donors (Lipinski definition) is 2. The molecule has 0 radical (unpaired) electrons. The number of rotatable bonds is 1. The molecule has 0 spiro atoms. The van der Waals surface area contributed by atoms with Crippen LogP contribution in [-0.2, 0) is 9.59 Å². The molecule has 5 rings (SSSR count). The first kappa shape index (κ1) is 24.5. The summed E-state index contributed by atoms with van der Waals surface area (Å²) in [5.41, 5.74) is 0.142. The highest BCUT2D eigenvalue weighted by Crippen LogP contribution is 2.75. The van der Waals surface area contributed by atoms with E-state index >= 15 is 0 Å². The Balaban J connectivity index is 1.62. The molecule has 0 bridgehead atoms. The van der Waals surface area contributed by atoms with E-state index < -0.39 is 11.4 Å². The topological polar surface area (TPSA) is 74.6 Å². The molecule has 0 saturated heterocycles. The highest BCUT2D eigenvalue weighted by molar-refractivity contribution is 5.95. The zero-order chi connectivity index (χ0) is 25.1. The molecular formula is C30H46O4. The number of hydrogen-bond acceptors (Lipinski definition) is 3. The fraction of sp³-hybridized carbons (Fsp3) is 0.867. The van der Waals surface area contributed by atoms with Crippen LogP contribution in [0.15, 0.2) is 11.6 Å². The van der Waals surface area contributed by atoms with Crippen LogP contribution >= 0.6 is 0 Å². The summed E-state index contributed by atoms with van der Waals surface area (Å²) >= 11 is 0. The van der Waals surface area contributed by atoms with E-state index in [1.54, 1.807) is 0 Å². The predicted octanol–water partition coefficient (Wildman–Crippen LogP) is 6.41. The van der Waals surface area contributed by atoms with Crippen LogP contribution in [0.4, 0.5) is 0 Å². The van der Waals surface area contributed by atoms with Crippen molar-refractivity contribution in [2.24, 2.45) is 50.2 Å². The summed E-state index contributed by atoms with van der Waals surface area (Å²) in [5.74, 6) is 0.0603. The first-order valence-electron chi connectivity index (χ1n) is 13.7. The molecule has 2 N–H and O–H groups in total. The lowest BCUT2D eigenvalue weighted by Crippen LogP contribution is -2.66. The molecule has 0 unspecified atom stereocenters. The second-order valence-corrected chi connectivity index (χ2v) is 14.9. The quantitative estimate of drug-likeness (QED) is 0.464. The Bertz CT molecular complexity index is 965. The molecule has 190 valence electrons. The molecule has 5 aliphatic rings. The van der Waals surface area contributed by atoms with Crippen LogP contribution < -0.4 is 0 Å². The minimum Gasteiger partial charge on any atom is -0.481 e. The third kappa shape index (κ3) is 2.81. The summed E-state index contributed by atoms with van der Waals surface area (Å²) in [6.45, 7) is 15.8. The van der Waals surface area contributed by atoms with Gasteiger partial charge in [-0.15, -0.1) is 0 Å². The zero-order valence-corrected chi connectivity index (χ0v) is 22.5. The minimum absolute atomic E-state index is 0.0296. The van der Waals surface area contributed by atoms with Crippen molar-refractivity contribution in [1.82, 2.24) is 0 Å². The lowest BCUT2D eigenvalue weighted by Gasteiger charge is -2.70. The molecule has 4 heteroatoms. The van der Waals surface area contributed by atoms with E-state index in [2.05, 4.69) is 41.5 Å². The van der Waals surface area contributed by atoms with Crippen molar-refractivity contribution in [1.29, 1.82) is 0 Å². The van der Waals surface area contributed by atoms with E-state index in [1.807, 2.05) is 13.0 Å². The number of carboxylic acids is 1.